The maximum absolute atomic E-state index is 12.4. The molecule has 0 aromatic heterocycles. The summed E-state index contributed by atoms with van der Waals surface area (Å²) in [5.41, 5.74) is 3.77. The third-order valence-corrected chi connectivity index (χ3v) is 6.15. The lowest BCUT2D eigenvalue weighted by Gasteiger charge is -2.31. The van der Waals surface area contributed by atoms with Gasteiger partial charge in [0, 0.05) is 19.0 Å². The molecule has 1 aliphatic rings. The first kappa shape index (κ1) is 21.2. The second-order valence-corrected chi connectivity index (χ2v) is 8.49. The van der Waals surface area contributed by atoms with Gasteiger partial charge in [-0.3, -0.25) is 9.69 Å². The Hall–Kier alpha value is -1.55. The molecule has 150 valence electrons. The summed E-state index contributed by atoms with van der Waals surface area (Å²) in [7, 11) is 0. The number of carbonyl (C=O) groups excluding carboxylic acids is 1. The molecule has 0 saturated carbocycles. The summed E-state index contributed by atoms with van der Waals surface area (Å²) in [6.45, 7) is 5.56. The van der Waals surface area contributed by atoms with Crippen molar-refractivity contribution in [3.8, 4) is 0 Å². The molecular weight excluding hydrogens is 391 g/mol. The molecule has 2 aromatic rings. The van der Waals surface area contributed by atoms with Gasteiger partial charge in [0.2, 0.25) is 5.91 Å². The van der Waals surface area contributed by atoms with Crippen molar-refractivity contribution in [1.82, 2.24) is 10.2 Å². The van der Waals surface area contributed by atoms with Gasteiger partial charge < -0.3 is 5.32 Å². The van der Waals surface area contributed by atoms with E-state index in [1.165, 1.54) is 11.1 Å². The fourth-order valence-electron chi connectivity index (χ4n) is 3.65. The van der Waals surface area contributed by atoms with Crippen molar-refractivity contribution >= 4 is 29.1 Å². The molecule has 1 amide bonds. The third-order valence-electron chi connectivity index (χ3n) is 5.41. The van der Waals surface area contributed by atoms with Gasteiger partial charge in [-0.25, -0.2) is 0 Å². The normalized spacial score (nSPS) is 15.5. The summed E-state index contributed by atoms with van der Waals surface area (Å²) >= 11 is 12.1. The lowest BCUT2D eigenvalue weighted by molar-refractivity contribution is -0.126. The Morgan fingerprint density at radius 3 is 2.39 bits per heavy atom. The van der Waals surface area contributed by atoms with E-state index in [0.29, 0.717) is 10.0 Å². The number of nitrogens with one attached hydrogen (secondary N) is 1. The molecule has 3 rings (SSSR count). The van der Waals surface area contributed by atoms with Crippen molar-refractivity contribution in [2.75, 3.05) is 19.6 Å². The van der Waals surface area contributed by atoms with Crippen molar-refractivity contribution in [3.63, 3.8) is 0 Å². The van der Waals surface area contributed by atoms with Gasteiger partial charge in [-0.2, -0.15) is 0 Å². The van der Waals surface area contributed by atoms with E-state index in [1.807, 2.05) is 18.2 Å². The molecule has 0 bridgehead atoms. The van der Waals surface area contributed by atoms with Gasteiger partial charge in [0.1, 0.15) is 0 Å². The molecule has 1 heterocycles. The zero-order chi connectivity index (χ0) is 19.9. The van der Waals surface area contributed by atoms with E-state index in [0.717, 1.165) is 57.4 Å². The lowest BCUT2D eigenvalue weighted by Crippen LogP contribution is -2.40. The molecule has 1 saturated heterocycles. The number of aryl methyl sites for hydroxylation is 2. The summed E-state index contributed by atoms with van der Waals surface area (Å²) in [6.07, 6.45) is 3.80. The maximum Gasteiger partial charge on any atom is 0.223 e. The van der Waals surface area contributed by atoms with E-state index in [-0.39, 0.29) is 11.8 Å². The van der Waals surface area contributed by atoms with Crippen LogP contribution in [0.1, 0.15) is 36.0 Å². The summed E-state index contributed by atoms with van der Waals surface area (Å²) in [5.74, 6) is 0.336. The van der Waals surface area contributed by atoms with Crippen molar-refractivity contribution in [1.29, 1.82) is 0 Å². The number of halogens is 2. The highest BCUT2D eigenvalue weighted by Crippen LogP contribution is 2.25. The van der Waals surface area contributed by atoms with Crippen molar-refractivity contribution in [3.05, 3.63) is 69.2 Å². The van der Waals surface area contributed by atoms with Gasteiger partial charge in [-0.1, -0.05) is 59.1 Å². The van der Waals surface area contributed by atoms with Gasteiger partial charge in [-0.05, 0) is 69.0 Å². The fraction of sp³-hybridized carbons (Fsp3) is 0.435. The zero-order valence-corrected chi connectivity index (χ0v) is 17.9. The quantitative estimate of drug-likeness (QED) is 0.621. The van der Waals surface area contributed by atoms with Crippen LogP contribution in [0.15, 0.2) is 42.5 Å². The molecule has 3 nitrogen and oxygen atoms in total. The number of rotatable bonds is 7. The lowest BCUT2D eigenvalue weighted by atomic mass is 9.95. The van der Waals surface area contributed by atoms with Crippen LogP contribution >= 0.6 is 23.2 Å². The maximum atomic E-state index is 12.4. The molecule has 1 N–H and O–H groups in total. The molecule has 2 aromatic carbocycles. The largest absolute Gasteiger partial charge is 0.356 e. The fourth-order valence-corrected chi connectivity index (χ4v) is 3.97. The molecule has 1 fully saturated rings. The number of hydrogen-bond acceptors (Lipinski definition) is 2. The van der Waals surface area contributed by atoms with Crippen LogP contribution in [0.4, 0.5) is 0 Å². The topological polar surface area (TPSA) is 32.3 Å². The first-order chi connectivity index (χ1) is 13.5. The Morgan fingerprint density at radius 1 is 1.04 bits per heavy atom. The zero-order valence-electron chi connectivity index (χ0n) is 16.4. The van der Waals surface area contributed by atoms with Gasteiger partial charge in [0.05, 0.1) is 10.0 Å². The van der Waals surface area contributed by atoms with E-state index in [4.69, 9.17) is 23.2 Å². The minimum absolute atomic E-state index is 0.129. The van der Waals surface area contributed by atoms with E-state index in [2.05, 4.69) is 41.4 Å². The van der Waals surface area contributed by atoms with Crippen LogP contribution in [0.2, 0.25) is 10.0 Å². The van der Waals surface area contributed by atoms with Crippen LogP contribution < -0.4 is 5.32 Å². The minimum atomic E-state index is 0.129. The highest BCUT2D eigenvalue weighted by atomic mass is 35.5. The molecule has 1 aliphatic heterocycles. The average molecular weight is 419 g/mol. The first-order valence-corrected chi connectivity index (χ1v) is 10.8. The summed E-state index contributed by atoms with van der Waals surface area (Å²) in [6, 6.07) is 14.4. The van der Waals surface area contributed by atoms with Crippen LogP contribution in [-0.4, -0.2) is 30.4 Å². The number of hydrogen-bond donors (Lipinski definition) is 1. The Balaban J connectivity index is 1.35. The van der Waals surface area contributed by atoms with Crippen LogP contribution in [0.5, 0.6) is 0 Å². The third kappa shape index (κ3) is 6.23. The van der Waals surface area contributed by atoms with Gasteiger partial charge in [0.25, 0.3) is 0 Å². The summed E-state index contributed by atoms with van der Waals surface area (Å²) in [4.78, 5) is 14.8. The average Bonchev–Trinajstić information content (AvgIpc) is 2.70. The summed E-state index contributed by atoms with van der Waals surface area (Å²) < 4.78 is 0. The number of benzene rings is 2. The number of amides is 1. The molecular formula is C23H28Cl2N2O. The van der Waals surface area contributed by atoms with Crippen molar-refractivity contribution in [2.45, 2.75) is 39.2 Å². The Morgan fingerprint density at radius 2 is 1.71 bits per heavy atom. The monoisotopic (exact) mass is 418 g/mol. The van der Waals surface area contributed by atoms with Crippen LogP contribution in [-0.2, 0) is 17.8 Å². The van der Waals surface area contributed by atoms with Crippen LogP contribution in [0.25, 0.3) is 0 Å². The van der Waals surface area contributed by atoms with Crippen LogP contribution in [0.3, 0.4) is 0 Å². The molecule has 0 spiro atoms. The molecule has 0 radical (unpaired) electrons. The number of nitrogens with zero attached hydrogens (tertiary/aromatic N) is 1. The Labute approximate surface area is 178 Å². The number of piperidine rings is 1. The van der Waals surface area contributed by atoms with Gasteiger partial charge >= 0.3 is 0 Å². The van der Waals surface area contributed by atoms with E-state index in [1.54, 1.807) is 0 Å². The Kier molecular flexibility index (Phi) is 7.78. The van der Waals surface area contributed by atoms with E-state index < -0.39 is 0 Å². The van der Waals surface area contributed by atoms with Gasteiger partial charge in [0.15, 0.2) is 0 Å². The van der Waals surface area contributed by atoms with Crippen LogP contribution in [0, 0.1) is 12.8 Å². The van der Waals surface area contributed by atoms with Crippen molar-refractivity contribution < 1.29 is 4.79 Å². The standard InChI is InChI=1S/C23H28Cl2N2O/c1-17-4-6-18(7-5-17)3-2-12-26-23(28)20-10-13-27(14-11-20)16-19-8-9-21(24)22(25)15-19/h4-9,15,20H,2-3,10-14,16H2,1H3,(H,26,28). The Bertz CT molecular complexity index is 784. The van der Waals surface area contributed by atoms with Gasteiger partial charge in [-0.15, -0.1) is 0 Å². The second-order valence-electron chi connectivity index (χ2n) is 7.68. The second kappa shape index (κ2) is 10.3. The van der Waals surface area contributed by atoms with E-state index >= 15 is 0 Å². The molecule has 28 heavy (non-hydrogen) atoms. The molecule has 0 aliphatic carbocycles. The molecule has 0 unspecified atom stereocenters. The first-order valence-electron chi connectivity index (χ1n) is 10.0. The van der Waals surface area contributed by atoms with E-state index in [9.17, 15) is 4.79 Å². The highest BCUT2D eigenvalue weighted by Gasteiger charge is 2.24. The molecule has 5 heteroatoms. The minimum Gasteiger partial charge on any atom is -0.356 e. The SMILES string of the molecule is Cc1ccc(CCCNC(=O)C2CCN(Cc3ccc(Cl)c(Cl)c3)CC2)cc1. The predicted octanol–water partition coefficient (Wildman–Crippen LogP) is 5.26. The summed E-state index contributed by atoms with van der Waals surface area (Å²) in [5, 5.41) is 4.31. The molecule has 0 atom stereocenters. The smallest absolute Gasteiger partial charge is 0.223 e. The number of carbonyl (C=O) groups is 1. The highest BCUT2D eigenvalue weighted by molar-refractivity contribution is 6.42. The predicted molar refractivity (Wildman–Crippen MR) is 117 cm³/mol. The number of likely N-dealkylation sites (tertiary alicyclic amines) is 1. The van der Waals surface area contributed by atoms with Crippen molar-refractivity contribution in [2.24, 2.45) is 5.92 Å².